The van der Waals surface area contributed by atoms with Gasteiger partial charge in [-0.05, 0) is 24.1 Å². The molecule has 0 amide bonds. The lowest BCUT2D eigenvalue weighted by Crippen LogP contribution is -1.82. The SMILES string of the molecule is CCc1cc(F)c2cnoc2c1. The summed E-state index contributed by atoms with van der Waals surface area (Å²) in [5.74, 6) is -0.259. The summed E-state index contributed by atoms with van der Waals surface area (Å²) in [6.45, 7) is 1.97. The Morgan fingerprint density at radius 2 is 2.33 bits per heavy atom. The van der Waals surface area contributed by atoms with E-state index in [1.165, 1.54) is 12.3 Å². The summed E-state index contributed by atoms with van der Waals surface area (Å²) in [6.07, 6.45) is 2.19. The lowest BCUT2D eigenvalue weighted by Gasteiger charge is -1.95. The Hall–Kier alpha value is -1.38. The van der Waals surface area contributed by atoms with Gasteiger partial charge in [-0.2, -0.15) is 0 Å². The van der Waals surface area contributed by atoms with Crippen molar-refractivity contribution in [3.8, 4) is 0 Å². The van der Waals surface area contributed by atoms with Crippen LogP contribution in [0.25, 0.3) is 11.0 Å². The van der Waals surface area contributed by atoms with Crippen LogP contribution in [-0.2, 0) is 6.42 Å². The van der Waals surface area contributed by atoms with Gasteiger partial charge in [0.05, 0.1) is 11.6 Å². The van der Waals surface area contributed by atoms with E-state index in [0.717, 1.165) is 12.0 Å². The highest BCUT2D eigenvalue weighted by molar-refractivity contribution is 5.77. The standard InChI is InChI=1S/C9H8FNO/c1-2-6-3-8(10)7-5-11-12-9(7)4-6/h3-5H,2H2,1H3. The highest BCUT2D eigenvalue weighted by Gasteiger charge is 2.05. The number of hydrogen-bond acceptors (Lipinski definition) is 2. The molecule has 2 aromatic rings. The van der Waals surface area contributed by atoms with Gasteiger partial charge in [0.2, 0.25) is 0 Å². The Morgan fingerprint density at radius 3 is 3.08 bits per heavy atom. The van der Waals surface area contributed by atoms with Crippen molar-refractivity contribution >= 4 is 11.0 Å². The lowest BCUT2D eigenvalue weighted by atomic mass is 10.1. The van der Waals surface area contributed by atoms with Crippen LogP contribution < -0.4 is 0 Å². The molecular weight excluding hydrogens is 157 g/mol. The van der Waals surface area contributed by atoms with Crippen molar-refractivity contribution in [2.45, 2.75) is 13.3 Å². The minimum Gasteiger partial charge on any atom is -0.356 e. The van der Waals surface area contributed by atoms with E-state index in [1.54, 1.807) is 0 Å². The number of benzene rings is 1. The first kappa shape index (κ1) is 7.28. The molecule has 0 spiro atoms. The summed E-state index contributed by atoms with van der Waals surface area (Å²) in [6, 6.07) is 3.32. The van der Waals surface area contributed by atoms with Crippen molar-refractivity contribution in [2.24, 2.45) is 0 Å². The Bertz CT molecular complexity index is 408. The second-order valence-electron chi connectivity index (χ2n) is 2.67. The molecule has 1 heterocycles. The maximum absolute atomic E-state index is 13.2. The maximum Gasteiger partial charge on any atom is 0.170 e. The lowest BCUT2D eigenvalue weighted by molar-refractivity contribution is 0.456. The van der Waals surface area contributed by atoms with E-state index in [2.05, 4.69) is 5.16 Å². The van der Waals surface area contributed by atoms with Crippen LogP contribution in [0.3, 0.4) is 0 Å². The summed E-state index contributed by atoms with van der Waals surface area (Å²) >= 11 is 0. The van der Waals surface area contributed by atoms with Crippen molar-refractivity contribution < 1.29 is 8.91 Å². The molecular formula is C9H8FNO. The number of rotatable bonds is 1. The Balaban J connectivity index is 2.75. The molecule has 0 fully saturated rings. The monoisotopic (exact) mass is 165 g/mol. The first-order valence-corrected chi connectivity index (χ1v) is 3.84. The van der Waals surface area contributed by atoms with Crippen LogP contribution in [0, 0.1) is 5.82 Å². The normalized spacial score (nSPS) is 10.8. The Morgan fingerprint density at radius 1 is 1.50 bits per heavy atom. The molecule has 12 heavy (non-hydrogen) atoms. The molecule has 3 heteroatoms. The van der Waals surface area contributed by atoms with Gasteiger partial charge in [-0.15, -0.1) is 0 Å². The zero-order valence-electron chi connectivity index (χ0n) is 6.67. The van der Waals surface area contributed by atoms with Gasteiger partial charge in [-0.3, -0.25) is 0 Å². The highest BCUT2D eigenvalue weighted by Crippen LogP contribution is 2.19. The van der Waals surface area contributed by atoms with E-state index in [1.807, 2.05) is 13.0 Å². The second kappa shape index (κ2) is 2.59. The quantitative estimate of drug-likeness (QED) is 0.649. The number of aryl methyl sites for hydroxylation is 1. The zero-order valence-corrected chi connectivity index (χ0v) is 6.67. The van der Waals surface area contributed by atoms with Crippen molar-refractivity contribution in [3.63, 3.8) is 0 Å². The molecule has 0 saturated carbocycles. The third-order valence-corrected chi connectivity index (χ3v) is 1.89. The van der Waals surface area contributed by atoms with E-state index in [4.69, 9.17) is 4.52 Å². The zero-order chi connectivity index (χ0) is 8.55. The second-order valence-corrected chi connectivity index (χ2v) is 2.67. The van der Waals surface area contributed by atoms with E-state index < -0.39 is 0 Å². The average Bonchev–Trinajstić information content (AvgIpc) is 2.52. The van der Waals surface area contributed by atoms with E-state index in [-0.39, 0.29) is 5.82 Å². The van der Waals surface area contributed by atoms with Gasteiger partial charge < -0.3 is 4.52 Å². The van der Waals surface area contributed by atoms with Crippen molar-refractivity contribution in [1.29, 1.82) is 0 Å². The molecule has 0 N–H and O–H groups in total. The van der Waals surface area contributed by atoms with Gasteiger partial charge in [0, 0.05) is 0 Å². The summed E-state index contributed by atoms with van der Waals surface area (Å²) in [5, 5.41) is 3.97. The van der Waals surface area contributed by atoms with Crippen LogP contribution >= 0.6 is 0 Å². The number of fused-ring (bicyclic) bond motifs is 1. The fourth-order valence-corrected chi connectivity index (χ4v) is 1.19. The first-order valence-electron chi connectivity index (χ1n) is 3.84. The van der Waals surface area contributed by atoms with E-state index in [9.17, 15) is 4.39 Å². The molecule has 0 aliphatic carbocycles. The number of hydrogen-bond donors (Lipinski definition) is 0. The Kier molecular flexibility index (Phi) is 1.57. The predicted octanol–water partition coefficient (Wildman–Crippen LogP) is 2.53. The summed E-state index contributed by atoms with van der Waals surface area (Å²) in [5.41, 5.74) is 1.45. The van der Waals surface area contributed by atoms with Gasteiger partial charge in [0.25, 0.3) is 0 Å². The Labute approximate surface area is 69.0 Å². The molecule has 62 valence electrons. The highest BCUT2D eigenvalue weighted by atomic mass is 19.1. The van der Waals surface area contributed by atoms with Crippen LogP contribution in [0.5, 0.6) is 0 Å². The van der Waals surface area contributed by atoms with Crippen LogP contribution in [-0.4, -0.2) is 5.16 Å². The minimum atomic E-state index is -0.259. The summed E-state index contributed by atoms with van der Waals surface area (Å²) in [4.78, 5) is 0. The molecule has 2 nitrogen and oxygen atoms in total. The molecule has 0 aliphatic heterocycles. The van der Waals surface area contributed by atoms with Crippen LogP contribution in [0.4, 0.5) is 4.39 Å². The third-order valence-electron chi connectivity index (χ3n) is 1.89. The van der Waals surface area contributed by atoms with Crippen LogP contribution in [0.15, 0.2) is 22.9 Å². The molecule has 2 rings (SSSR count). The smallest absolute Gasteiger partial charge is 0.170 e. The molecule has 1 aromatic heterocycles. The average molecular weight is 165 g/mol. The largest absolute Gasteiger partial charge is 0.356 e. The summed E-state index contributed by atoms with van der Waals surface area (Å²) in [7, 11) is 0. The summed E-state index contributed by atoms with van der Waals surface area (Å²) < 4.78 is 18.0. The van der Waals surface area contributed by atoms with Crippen molar-refractivity contribution in [3.05, 3.63) is 29.7 Å². The number of halogens is 1. The first-order chi connectivity index (χ1) is 5.81. The molecule has 1 aromatic carbocycles. The van der Waals surface area contributed by atoms with Gasteiger partial charge in [0.1, 0.15) is 5.82 Å². The fraction of sp³-hybridized carbons (Fsp3) is 0.222. The molecule has 0 atom stereocenters. The van der Waals surface area contributed by atoms with E-state index in [0.29, 0.717) is 11.0 Å². The van der Waals surface area contributed by atoms with Gasteiger partial charge in [-0.1, -0.05) is 12.1 Å². The van der Waals surface area contributed by atoms with Gasteiger partial charge >= 0.3 is 0 Å². The molecule has 0 radical (unpaired) electrons. The molecule has 0 saturated heterocycles. The van der Waals surface area contributed by atoms with Crippen molar-refractivity contribution in [1.82, 2.24) is 5.16 Å². The topological polar surface area (TPSA) is 26.0 Å². The van der Waals surface area contributed by atoms with E-state index >= 15 is 0 Å². The predicted molar refractivity (Wildman–Crippen MR) is 43.3 cm³/mol. The van der Waals surface area contributed by atoms with Crippen LogP contribution in [0.2, 0.25) is 0 Å². The molecule has 0 bridgehead atoms. The van der Waals surface area contributed by atoms with Crippen molar-refractivity contribution in [2.75, 3.05) is 0 Å². The van der Waals surface area contributed by atoms with Gasteiger partial charge in [-0.25, -0.2) is 4.39 Å². The fourth-order valence-electron chi connectivity index (χ4n) is 1.19. The third kappa shape index (κ3) is 0.978. The molecule has 0 unspecified atom stereocenters. The minimum absolute atomic E-state index is 0.259. The maximum atomic E-state index is 13.2. The molecule has 0 aliphatic rings. The van der Waals surface area contributed by atoms with Gasteiger partial charge in [0.15, 0.2) is 5.58 Å². The number of nitrogens with zero attached hydrogens (tertiary/aromatic N) is 1. The number of aromatic nitrogens is 1. The van der Waals surface area contributed by atoms with Crippen LogP contribution in [0.1, 0.15) is 12.5 Å².